The second kappa shape index (κ2) is 4.66. The van der Waals surface area contributed by atoms with Crippen LogP contribution in [-0.4, -0.2) is 18.2 Å². The van der Waals surface area contributed by atoms with Gasteiger partial charge in [-0.3, -0.25) is 4.79 Å². The van der Waals surface area contributed by atoms with Crippen LogP contribution >= 0.6 is 0 Å². The molecule has 1 aromatic carbocycles. The molecule has 0 amide bonds. The Labute approximate surface area is 95.0 Å². The van der Waals surface area contributed by atoms with Crippen molar-refractivity contribution in [1.29, 1.82) is 0 Å². The molecule has 1 atom stereocenters. The summed E-state index contributed by atoms with van der Waals surface area (Å²) in [5.74, 6) is -0.381. The Balaban J connectivity index is 2.12. The molecular weight excluding hydrogens is 204 g/mol. The van der Waals surface area contributed by atoms with Crippen molar-refractivity contribution in [3.8, 4) is 0 Å². The number of carbonyl (C=O) groups excluding carboxylic acids is 1. The molecule has 86 valence electrons. The van der Waals surface area contributed by atoms with Gasteiger partial charge in [-0.1, -0.05) is 18.2 Å². The molecule has 1 aliphatic rings. The van der Waals surface area contributed by atoms with Gasteiger partial charge in [0.05, 0.1) is 19.6 Å². The van der Waals surface area contributed by atoms with Gasteiger partial charge in [0.15, 0.2) is 0 Å². The zero-order valence-electron chi connectivity index (χ0n) is 9.40. The standard InChI is InChI=1S/C13H16O3/c1-16-13(15)8-12(14)11-6-5-9-3-2-4-10(9)7-11/h5-7,12,14H,2-4,8H2,1H3/t12-/m0/s1. The lowest BCUT2D eigenvalue weighted by molar-refractivity contribution is -0.142. The van der Waals surface area contributed by atoms with Gasteiger partial charge in [0.1, 0.15) is 0 Å². The molecule has 0 aliphatic heterocycles. The van der Waals surface area contributed by atoms with E-state index in [1.165, 1.54) is 24.7 Å². The molecule has 0 bridgehead atoms. The number of carbonyl (C=O) groups is 1. The van der Waals surface area contributed by atoms with Crippen LogP contribution in [0.4, 0.5) is 0 Å². The van der Waals surface area contributed by atoms with E-state index in [9.17, 15) is 9.90 Å². The summed E-state index contributed by atoms with van der Waals surface area (Å²) in [6.45, 7) is 0. The average Bonchev–Trinajstić information content (AvgIpc) is 2.75. The normalized spacial score (nSPS) is 15.6. The number of benzene rings is 1. The maximum absolute atomic E-state index is 11.0. The van der Waals surface area contributed by atoms with E-state index in [1.54, 1.807) is 0 Å². The van der Waals surface area contributed by atoms with Gasteiger partial charge in [-0.15, -0.1) is 0 Å². The number of esters is 1. The van der Waals surface area contributed by atoms with Gasteiger partial charge in [-0.2, -0.15) is 0 Å². The van der Waals surface area contributed by atoms with Crippen LogP contribution in [0.5, 0.6) is 0 Å². The smallest absolute Gasteiger partial charge is 0.308 e. The number of aliphatic hydroxyl groups excluding tert-OH is 1. The quantitative estimate of drug-likeness (QED) is 0.790. The summed E-state index contributed by atoms with van der Waals surface area (Å²) in [6, 6.07) is 5.96. The van der Waals surface area contributed by atoms with E-state index in [0.717, 1.165) is 18.4 Å². The Hall–Kier alpha value is -1.35. The third kappa shape index (κ3) is 2.25. The van der Waals surface area contributed by atoms with Crippen molar-refractivity contribution in [2.24, 2.45) is 0 Å². The van der Waals surface area contributed by atoms with Crippen LogP contribution in [0.25, 0.3) is 0 Å². The fraction of sp³-hybridized carbons (Fsp3) is 0.462. The first kappa shape index (κ1) is 11.1. The molecule has 3 heteroatoms. The largest absolute Gasteiger partial charge is 0.469 e. The summed E-state index contributed by atoms with van der Waals surface area (Å²) in [5, 5.41) is 9.85. The maximum atomic E-state index is 11.0. The maximum Gasteiger partial charge on any atom is 0.308 e. The fourth-order valence-corrected chi connectivity index (χ4v) is 2.16. The number of aryl methyl sites for hydroxylation is 2. The Morgan fingerprint density at radius 2 is 2.19 bits per heavy atom. The number of ether oxygens (including phenoxy) is 1. The Kier molecular flexibility index (Phi) is 3.25. The molecular formula is C13H16O3. The predicted molar refractivity (Wildman–Crippen MR) is 60.1 cm³/mol. The van der Waals surface area contributed by atoms with E-state index >= 15 is 0 Å². The number of fused-ring (bicyclic) bond motifs is 1. The minimum atomic E-state index is -0.752. The summed E-state index contributed by atoms with van der Waals surface area (Å²) in [7, 11) is 1.33. The Morgan fingerprint density at radius 3 is 2.94 bits per heavy atom. The lowest BCUT2D eigenvalue weighted by Gasteiger charge is -2.11. The number of hydrogen-bond acceptors (Lipinski definition) is 3. The molecule has 0 fully saturated rings. The fourth-order valence-electron chi connectivity index (χ4n) is 2.16. The second-order valence-corrected chi connectivity index (χ2v) is 4.18. The molecule has 0 saturated heterocycles. The minimum Gasteiger partial charge on any atom is -0.469 e. The summed E-state index contributed by atoms with van der Waals surface area (Å²) in [4.78, 5) is 11.0. The number of hydrogen-bond donors (Lipinski definition) is 1. The average molecular weight is 220 g/mol. The zero-order valence-corrected chi connectivity index (χ0v) is 9.40. The van der Waals surface area contributed by atoms with Crippen molar-refractivity contribution in [2.45, 2.75) is 31.8 Å². The molecule has 0 spiro atoms. The molecule has 0 aromatic heterocycles. The van der Waals surface area contributed by atoms with Crippen LogP contribution in [0.15, 0.2) is 18.2 Å². The van der Waals surface area contributed by atoms with Crippen LogP contribution in [0.1, 0.15) is 35.6 Å². The molecule has 1 aromatic rings. The highest BCUT2D eigenvalue weighted by atomic mass is 16.5. The summed E-state index contributed by atoms with van der Waals surface area (Å²) < 4.78 is 4.54. The topological polar surface area (TPSA) is 46.5 Å². The van der Waals surface area contributed by atoms with Gasteiger partial charge in [0, 0.05) is 0 Å². The van der Waals surface area contributed by atoms with Crippen LogP contribution in [0.3, 0.4) is 0 Å². The van der Waals surface area contributed by atoms with E-state index in [0.29, 0.717) is 0 Å². The van der Waals surface area contributed by atoms with Gasteiger partial charge >= 0.3 is 5.97 Å². The van der Waals surface area contributed by atoms with Crippen molar-refractivity contribution in [2.75, 3.05) is 7.11 Å². The highest BCUT2D eigenvalue weighted by Crippen LogP contribution is 2.26. The molecule has 2 rings (SSSR count). The van der Waals surface area contributed by atoms with Crippen LogP contribution in [0.2, 0.25) is 0 Å². The SMILES string of the molecule is COC(=O)C[C@H](O)c1ccc2c(c1)CCC2. The van der Waals surface area contributed by atoms with E-state index in [2.05, 4.69) is 10.8 Å². The highest BCUT2D eigenvalue weighted by Gasteiger charge is 2.16. The van der Waals surface area contributed by atoms with Gasteiger partial charge in [0.25, 0.3) is 0 Å². The van der Waals surface area contributed by atoms with Crippen molar-refractivity contribution in [3.05, 3.63) is 34.9 Å². The van der Waals surface area contributed by atoms with E-state index < -0.39 is 6.10 Å². The second-order valence-electron chi connectivity index (χ2n) is 4.18. The van der Waals surface area contributed by atoms with E-state index in [-0.39, 0.29) is 12.4 Å². The number of methoxy groups -OCH3 is 1. The first-order valence-electron chi connectivity index (χ1n) is 5.57. The monoisotopic (exact) mass is 220 g/mol. The van der Waals surface area contributed by atoms with E-state index in [4.69, 9.17) is 0 Å². The number of aliphatic hydroxyl groups is 1. The van der Waals surface area contributed by atoms with Crippen molar-refractivity contribution >= 4 is 5.97 Å². The predicted octanol–water partition coefficient (Wildman–Crippen LogP) is 1.77. The molecule has 16 heavy (non-hydrogen) atoms. The van der Waals surface area contributed by atoms with Crippen molar-refractivity contribution < 1.29 is 14.6 Å². The number of rotatable bonds is 3. The van der Waals surface area contributed by atoms with Crippen molar-refractivity contribution in [3.63, 3.8) is 0 Å². The lowest BCUT2D eigenvalue weighted by atomic mass is 10.0. The Morgan fingerprint density at radius 1 is 1.44 bits per heavy atom. The van der Waals surface area contributed by atoms with Crippen LogP contribution < -0.4 is 0 Å². The van der Waals surface area contributed by atoms with Crippen LogP contribution in [-0.2, 0) is 22.4 Å². The molecule has 0 radical (unpaired) electrons. The summed E-state index contributed by atoms with van der Waals surface area (Å²) >= 11 is 0. The third-order valence-electron chi connectivity index (χ3n) is 3.10. The van der Waals surface area contributed by atoms with Crippen molar-refractivity contribution in [1.82, 2.24) is 0 Å². The van der Waals surface area contributed by atoms with Gasteiger partial charge < -0.3 is 9.84 Å². The Bertz CT molecular complexity index is 398. The minimum absolute atomic E-state index is 0.0231. The first-order valence-corrected chi connectivity index (χ1v) is 5.57. The molecule has 0 unspecified atom stereocenters. The zero-order chi connectivity index (χ0) is 11.5. The van der Waals surface area contributed by atoms with Gasteiger partial charge in [-0.05, 0) is 36.0 Å². The summed E-state index contributed by atoms with van der Waals surface area (Å²) in [5.41, 5.74) is 3.49. The first-order chi connectivity index (χ1) is 7.70. The third-order valence-corrected chi connectivity index (χ3v) is 3.10. The molecule has 1 N–H and O–H groups in total. The molecule has 3 nitrogen and oxygen atoms in total. The highest BCUT2D eigenvalue weighted by molar-refractivity contribution is 5.70. The van der Waals surface area contributed by atoms with E-state index in [1.807, 2.05) is 12.1 Å². The lowest BCUT2D eigenvalue weighted by Crippen LogP contribution is -2.08. The molecule has 0 heterocycles. The van der Waals surface area contributed by atoms with Gasteiger partial charge in [0.2, 0.25) is 0 Å². The van der Waals surface area contributed by atoms with Crippen LogP contribution in [0, 0.1) is 0 Å². The van der Waals surface area contributed by atoms with Gasteiger partial charge in [-0.25, -0.2) is 0 Å². The molecule has 0 saturated carbocycles. The molecule has 1 aliphatic carbocycles. The summed E-state index contributed by atoms with van der Waals surface area (Å²) in [6.07, 6.45) is 2.66.